The Balaban J connectivity index is 1.75. The van der Waals surface area contributed by atoms with Gasteiger partial charge in [-0.05, 0) is 84.7 Å². The van der Waals surface area contributed by atoms with E-state index in [1.165, 1.54) is 11.1 Å². The Morgan fingerprint density at radius 2 is 1.73 bits per heavy atom. The number of hydrogen-bond donors (Lipinski definition) is 0. The number of carbonyl (C=O) groups is 1. The Morgan fingerprint density at radius 3 is 2.27 bits per heavy atom. The number of piperidine rings is 1. The molecule has 0 aromatic heterocycles. The molecule has 0 radical (unpaired) electrons. The van der Waals surface area contributed by atoms with E-state index in [1.54, 1.807) is 0 Å². The van der Waals surface area contributed by atoms with Gasteiger partial charge in [-0.3, -0.25) is 0 Å². The van der Waals surface area contributed by atoms with Crippen LogP contribution in [0.25, 0.3) is 0 Å². The Kier molecular flexibility index (Phi) is 6.07. The van der Waals surface area contributed by atoms with Crippen molar-refractivity contribution in [3.8, 4) is 0 Å². The highest BCUT2D eigenvalue weighted by molar-refractivity contribution is 6.62. The predicted octanol–water partition coefficient (Wildman–Crippen LogP) is 4.65. The molecule has 2 aliphatic rings. The van der Waals surface area contributed by atoms with E-state index in [-0.39, 0.29) is 24.4 Å². The van der Waals surface area contributed by atoms with Crippen molar-refractivity contribution < 1.29 is 18.8 Å². The maximum atomic E-state index is 12.5. The van der Waals surface area contributed by atoms with Crippen molar-refractivity contribution in [1.29, 1.82) is 0 Å². The summed E-state index contributed by atoms with van der Waals surface area (Å²) in [5.74, 6) is 0.740. The summed E-state index contributed by atoms with van der Waals surface area (Å²) in [5.41, 5.74) is 2.41. The number of benzene rings is 1. The van der Waals surface area contributed by atoms with Crippen LogP contribution in [0.3, 0.4) is 0 Å². The van der Waals surface area contributed by atoms with Crippen LogP contribution in [-0.2, 0) is 14.0 Å². The van der Waals surface area contributed by atoms with Crippen LogP contribution in [0, 0.1) is 12.8 Å². The molecule has 166 valence electrons. The molecule has 2 unspecified atom stereocenters. The zero-order chi connectivity index (χ0) is 22.5. The van der Waals surface area contributed by atoms with Gasteiger partial charge in [0.1, 0.15) is 5.60 Å². The van der Waals surface area contributed by atoms with Gasteiger partial charge in [-0.2, -0.15) is 0 Å². The van der Waals surface area contributed by atoms with E-state index in [0.29, 0.717) is 24.9 Å². The second kappa shape index (κ2) is 7.87. The topological polar surface area (TPSA) is 48.0 Å². The molecule has 6 heteroatoms. The lowest BCUT2D eigenvalue weighted by Crippen LogP contribution is -2.44. The van der Waals surface area contributed by atoms with Crippen molar-refractivity contribution >= 4 is 18.7 Å². The van der Waals surface area contributed by atoms with Crippen molar-refractivity contribution in [2.75, 3.05) is 13.1 Å². The predicted molar refractivity (Wildman–Crippen MR) is 121 cm³/mol. The first-order valence-electron chi connectivity index (χ1n) is 11.1. The maximum absolute atomic E-state index is 12.5. The lowest BCUT2D eigenvalue weighted by atomic mass is 9.74. The number of aryl methyl sites for hydroxylation is 1. The molecule has 30 heavy (non-hydrogen) atoms. The Hall–Kier alpha value is -1.53. The van der Waals surface area contributed by atoms with Gasteiger partial charge in [-0.1, -0.05) is 30.7 Å². The maximum Gasteiger partial charge on any atom is 0.494 e. The number of likely N-dealkylation sites (tertiary alicyclic amines) is 1. The summed E-state index contributed by atoms with van der Waals surface area (Å²) in [7, 11) is -0.356. The summed E-state index contributed by atoms with van der Waals surface area (Å²) >= 11 is 0. The third-order valence-corrected chi connectivity index (χ3v) is 6.63. The minimum absolute atomic E-state index is 0.213. The summed E-state index contributed by atoms with van der Waals surface area (Å²) in [5, 5.41) is 0. The normalized spacial score (nSPS) is 26.0. The molecule has 0 aliphatic carbocycles. The smallest absolute Gasteiger partial charge is 0.444 e. The molecule has 0 bridgehead atoms. The third kappa shape index (κ3) is 4.86. The Bertz CT molecular complexity index is 783. The zero-order valence-corrected chi connectivity index (χ0v) is 20.2. The van der Waals surface area contributed by atoms with Crippen LogP contribution in [0.5, 0.6) is 0 Å². The van der Waals surface area contributed by atoms with Gasteiger partial charge < -0.3 is 18.9 Å². The van der Waals surface area contributed by atoms with E-state index in [9.17, 15) is 4.79 Å². The fourth-order valence-corrected chi connectivity index (χ4v) is 4.31. The fraction of sp³-hybridized carbons (Fsp3) is 0.708. The van der Waals surface area contributed by atoms with Crippen LogP contribution in [0.2, 0.25) is 0 Å². The molecule has 1 amide bonds. The van der Waals surface area contributed by atoms with Crippen LogP contribution >= 0.6 is 0 Å². The molecular weight excluding hydrogens is 377 g/mol. The Labute approximate surface area is 182 Å². The summed E-state index contributed by atoms with van der Waals surface area (Å²) < 4.78 is 18.1. The molecule has 2 aliphatic heterocycles. The van der Waals surface area contributed by atoms with Gasteiger partial charge >= 0.3 is 13.2 Å². The van der Waals surface area contributed by atoms with E-state index in [0.717, 1.165) is 11.9 Å². The van der Waals surface area contributed by atoms with Gasteiger partial charge in [-0.15, -0.1) is 0 Å². The first-order valence-corrected chi connectivity index (χ1v) is 11.1. The van der Waals surface area contributed by atoms with Gasteiger partial charge in [0.2, 0.25) is 0 Å². The number of ether oxygens (including phenoxy) is 1. The molecule has 3 rings (SSSR count). The quantitative estimate of drug-likeness (QED) is 0.660. The molecule has 0 spiro atoms. The molecule has 2 heterocycles. The first kappa shape index (κ1) is 23.1. The highest BCUT2D eigenvalue weighted by atomic mass is 16.7. The van der Waals surface area contributed by atoms with Crippen molar-refractivity contribution in [1.82, 2.24) is 4.90 Å². The lowest BCUT2D eigenvalue weighted by molar-refractivity contribution is 0.00578. The molecule has 2 fully saturated rings. The van der Waals surface area contributed by atoms with Crippen molar-refractivity contribution in [3.05, 3.63) is 29.3 Å². The molecule has 5 nitrogen and oxygen atoms in total. The van der Waals surface area contributed by atoms with E-state index in [2.05, 4.69) is 59.7 Å². The van der Waals surface area contributed by atoms with Crippen LogP contribution in [0.1, 0.15) is 78.9 Å². The molecule has 1 aromatic carbocycles. The standard InChI is InChI=1S/C24H38BNO4/c1-16-12-18(14-19(13-16)25-29-23(6,7)24(8,9)30-25)20-10-11-26(15-17(20)2)21(27)28-22(3,4)5/h12-14,17,20H,10-11,15H2,1-9H3. The minimum Gasteiger partial charge on any atom is -0.444 e. The SMILES string of the molecule is Cc1cc(B2OC(C)(C)C(C)(C)O2)cc(C2CCN(C(=O)OC(C)(C)C)CC2C)c1. The lowest BCUT2D eigenvalue weighted by Gasteiger charge is -2.38. The second-order valence-corrected chi connectivity index (χ2v) is 11.1. The largest absolute Gasteiger partial charge is 0.494 e. The van der Waals surface area contributed by atoms with E-state index in [4.69, 9.17) is 14.0 Å². The van der Waals surface area contributed by atoms with Crippen LogP contribution in [-0.4, -0.2) is 48.0 Å². The number of rotatable bonds is 2. The van der Waals surface area contributed by atoms with Gasteiger partial charge in [-0.25, -0.2) is 4.79 Å². The second-order valence-electron chi connectivity index (χ2n) is 11.1. The molecule has 1 aromatic rings. The van der Waals surface area contributed by atoms with Gasteiger partial charge in [0, 0.05) is 13.1 Å². The van der Waals surface area contributed by atoms with Crippen LogP contribution in [0.15, 0.2) is 18.2 Å². The number of amides is 1. The minimum atomic E-state index is -0.467. The third-order valence-electron chi connectivity index (χ3n) is 6.63. The van der Waals surface area contributed by atoms with Crippen molar-refractivity contribution in [2.24, 2.45) is 5.92 Å². The molecular formula is C24H38BNO4. The highest BCUT2D eigenvalue weighted by Gasteiger charge is 2.51. The average molecular weight is 415 g/mol. The van der Waals surface area contributed by atoms with E-state index < -0.39 is 5.60 Å². The summed E-state index contributed by atoms with van der Waals surface area (Å²) in [6.45, 7) is 19.8. The zero-order valence-electron chi connectivity index (χ0n) is 20.2. The molecule has 2 atom stereocenters. The molecule has 2 saturated heterocycles. The summed E-state index contributed by atoms with van der Waals surface area (Å²) in [6.07, 6.45) is 0.710. The molecule has 0 saturated carbocycles. The monoisotopic (exact) mass is 415 g/mol. The van der Waals surface area contributed by atoms with Crippen LogP contribution in [0.4, 0.5) is 4.79 Å². The summed E-state index contributed by atoms with van der Waals surface area (Å²) in [4.78, 5) is 14.3. The first-order chi connectivity index (χ1) is 13.7. The number of carbonyl (C=O) groups excluding carboxylic acids is 1. The highest BCUT2D eigenvalue weighted by Crippen LogP contribution is 2.38. The number of nitrogens with zero attached hydrogens (tertiary/aromatic N) is 1. The Morgan fingerprint density at radius 1 is 1.13 bits per heavy atom. The van der Waals surface area contributed by atoms with Crippen LogP contribution < -0.4 is 5.46 Å². The fourth-order valence-electron chi connectivity index (χ4n) is 4.31. The van der Waals surface area contributed by atoms with Gasteiger partial charge in [0.05, 0.1) is 11.2 Å². The average Bonchev–Trinajstić information content (AvgIpc) is 2.80. The van der Waals surface area contributed by atoms with E-state index >= 15 is 0 Å². The summed E-state index contributed by atoms with van der Waals surface area (Å²) in [6, 6.07) is 6.66. The van der Waals surface area contributed by atoms with Gasteiger partial charge in [0.25, 0.3) is 0 Å². The number of hydrogen-bond acceptors (Lipinski definition) is 4. The van der Waals surface area contributed by atoms with Crippen molar-refractivity contribution in [3.63, 3.8) is 0 Å². The van der Waals surface area contributed by atoms with Crippen molar-refractivity contribution in [2.45, 2.75) is 91.5 Å². The van der Waals surface area contributed by atoms with Gasteiger partial charge in [0.15, 0.2) is 0 Å². The van der Waals surface area contributed by atoms with E-state index in [1.807, 2.05) is 25.7 Å². The molecule has 0 N–H and O–H groups in total.